The minimum absolute atomic E-state index is 0.256. The van der Waals surface area contributed by atoms with E-state index in [1.165, 1.54) is 0 Å². The number of fused-ring (bicyclic) bond motifs is 1. The van der Waals surface area contributed by atoms with Crippen molar-refractivity contribution < 1.29 is 5.11 Å². The molecule has 1 aliphatic rings. The van der Waals surface area contributed by atoms with Crippen LogP contribution in [0.1, 0.15) is 25.5 Å². The number of rotatable bonds is 4. The van der Waals surface area contributed by atoms with Crippen molar-refractivity contribution in [3.8, 4) is 0 Å². The molecule has 1 aromatic heterocycles. The quantitative estimate of drug-likeness (QED) is 0.891. The molecule has 2 N–H and O–H groups in total. The van der Waals surface area contributed by atoms with E-state index in [9.17, 15) is 0 Å². The van der Waals surface area contributed by atoms with Crippen LogP contribution >= 0.6 is 15.9 Å². The molecule has 16 heavy (non-hydrogen) atoms. The highest BCUT2D eigenvalue weighted by molar-refractivity contribution is 9.10. The molecule has 0 spiro atoms. The molecule has 0 aromatic carbocycles. The van der Waals surface area contributed by atoms with Gasteiger partial charge in [-0.2, -0.15) is 5.10 Å². The van der Waals surface area contributed by atoms with Crippen LogP contribution in [-0.4, -0.2) is 28.0 Å². The van der Waals surface area contributed by atoms with Crippen molar-refractivity contribution in [2.75, 3.05) is 18.5 Å². The monoisotopic (exact) mass is 287 g/mol. The molecule has 1 unspecified atom stereocenters. The Morgan fingerprint density at radius 1 is 1.62 bits per heavy atom. The van der Waals surface area contributed by atoms with Crippen LogP contribution in [0, 0.1) is 5.92 Å². The molecule has 4 nitrogen and oxygen atoms in total. The highest BCUT2D eigenvalue weighted by atomic mass is 79.9. The van der Waals surface area contributed by atoms with Crippen molar-refractivity contribution in [3.63, 3.8) is 0 Å². The summed E-state index contributed by atoms with van der Waals surface area (Å²) in [6.45, 7) is 4.25. The lowest BCUT2D eigenvalue weighted by molar-refractivity contribution is 0.244. The van der Waals surface area contributed by atoms with Crippen molar-refractivity contribution >= 4 is 21.7 Å². The number of nitrogens with one attached hydrogen (secondary N) is 1. The molecule has 0 aliphatic carbocycles. The van der Waals surface area contributed by atoms with E-state index in [-0.39, 0.29) is 6.61 Å². The molecule has 0 saturated heterocycles. The SMILES string of the molecule is CCCc1nn2c(c1Br)NCC(CCO)C2. The van der Waals surface area contributed by atoms with Gasteiger partial charge in [-0.25, -0.2) is 4.68 Å². The summed E-state index contributed by atoms with van der Waals surface area (Å²) in [7, 11) is 0. The van der Waals surface area contributed by atoms with Crippen LogP contribution in [-0.2, 0) is 13.0 Å². The maximum Gasteiger partial charge on any atom is 0.139 e. The minimum atomic E-state index is 0.256. The summed E-state index contributed by atoms with van der Waals surface area (Å²) in [5.41, 5.74) is 1.13. The van der Waals surface area contributed by atoms with Crippen molar-refractivity contribution in [2.24, 2.45) is 5.92 Å². The number of hydrogen-bond donors (Lipinski definition) is 2. The molecule has 0 bridgehead atoms. The van der Waals surface area contributed by atoms with Crippen LogP contribution in [0.15, 0.2) is 4.47 Å². The number of aryl methyl sites for hydroxylation is 1. The van der Waals surface area contributed by atoms with Gasteiger partial charge in [0.1, 0.15) is 5.82 Å². The Hall–Kier alpha value is -0.550. The van der Waals surface area contributed by atoms with Gasteiger partial charge < -0.3 is 10.4 Å². The summed E-state index contributed by atoms with van der Waals surface area (Å²) < 4.78 is 3.13. The molecule has 0 amide bonds. The van der Waals surface area contributed by atoms with E-state index in [0.717, 1.165) is 48.3 Å². The van der Waals surface area contributed by atoms with Crippen LogP contribution in [0.5, 0.6) is 0 Å². The van der Waals surface area contributed by atoms with Crippen molar-refractivity contribution in [1.82, 2.24) is 9.78 Å². The molecular formula is C11H18BrN3O. The largest absolute Gasteiger partial charge is 0.396 e. The van der Waals surface area contributed by atoms with Gasteiger partial charge in [-0.3, -0.25) is 0 Å². The fourth-order valence-electron chi connectivity index (χ4n) is 2.11. The van der Waals surface area contributed by atoms with E-state index in [4.69, 9.17) is 5.11 Å². The molecule has 1 aliphatic heterocycles. The van der Waals surface area contributed by atoms with Crippen LogP contribution < -0.4 is 5.32 Å². The van der Waals surface area contributed by atoms with Gasteiger partial charge in [-0.15, -0.1) is 0 Å². The first-order valence-corrected chi connectivity index (χ1v) is 6.65. The number of nitrogens with zero attached hydrogens (tertiary/aromatic N) is 2. The predicted octanol–water partition coefficient (Wildman–Crippen LogP) is 2.02. The second-order valence-electron chi connectivity index (χ2n) is 4.30. The summed E-state index contributed by atoms with van der Waals surface area (Å²) in [5, 5.41) is 16.9. The third kappa shape index (κ3) is 2.25. The standard InChI is InChI=1S/C11H18BrN3O/c1-2-3-9-10(12)11-13-6-8(4-5-16)7-15(11)14-9/h8,13,16H,2-7H2,1H3. The minimum Gasteiger partial charge on any atom is -0.396 e. The first-order valence-electron chi connectivity index (χ1n) is 5.86. The van der Waals surface area contributed by atoms with Crippen LogP contribution in [0.2, 0.25) is 0 Å². The highest BCUT2D eigenvalue weighted by Gasteiger charge is 2.22. The molecule has 2 heterocycles. The van der Waals surface area contributed by atoms with Gasteiger partial charge in [-0.1, -0.05) is 13.3 Å². The van der Waals surface area contributed by atoms with Crippen LogP contribution in [0.3, 0.4) is 0 Å². The number of hydrogen-bond acceptors (Lipinski definition) is 3. The zero-order valence-corrected chi connectivity index (χ0v) is 11.1. The number of halogens is 1. The Morgan fingerprint density at radius 2 is 2.44 bits per heavy atom. The molecule has 0 radical (unpaired) electrons. The number of aliphatic hydroxyl groups is 1. The predicted molar refractivity (Wildman–Crippen MR) is 67.6 cm³/mol. The maximum absolute atomic E-state index is 8.94. The van der Waals surface area contributed by atoms with Gasteiger partial charge in [0.2, 0.25) is 0 Å². The fraction of sp³-hybridized carbons (Fsp3) is 0.727. The van der Waals surface area contributed by atoms with E-state index < -0.39 is 0 Å². The van der Waals surface area contributed by atoms with Gasteiger partial charge in [0.15, 0.2) is 0 Å². The fourth-order valence-corrected chi connectivity index (χ4v) is 2.74. The van der Waals surface area contributed by atoms with E-state index in [1.54, 1.807) is 0 Å². The topological polar surface area (TPSA) is 50.1 Å². The first-order chi connectivity index (χ1) is 7.76. The average molecular weight is 288 g/mol. The second kappa shape index (κ2) is 5.19. The Bertz CT molecular complexity index is 364. The molecule has 1 atom stereocenters. The van der Waals surface area contributed by atoms with E-state index >= 15 is 0 Å². The zero-order chi connectivity index (χ0) is 11.5. The number of aliphatic hydroxyl groups excluding tert-OH is 1. The summed E-state index contributed by atoms with van der Waals surface area (Å²) in [5.74, 6) is 1.58. The first kappa shape index (κ1) is 11.9. The molecule has 5 heteroatoms. The Kier molecular flexibility index (Phi) is 3.86. The number of aromatic nitrogens is 2. The smallest absolute Gasteiger partial charge is 0.139 e. The summed E-state index contributed by atoms with van der Waals surface area (Å²) in [6, 6.07) is 0. The normalized spacial score (nSPS) is 19.3. The van der Waals surface area contributed by atoms with E-state index in [1.807, 2.05) is 4.68 Å². The van der Waals surface area contributed by atoms with Crippen molar-refractivity contribution in [1.29, 1.82) is 0 Å². The highest BCUT2D eigenvalue weighted by Crippen LogP contribution is 2.31. The lowest BCUT2D eigenvalue weighted by Gasteiger charge is -2.24. The summed E-state index contributed by atoms with van der Waals surface area (Å²) in [6.07, 6.45) is 2.95. The number of anilines is 1. The zero-order valence-electron chi connectivity index (χ0n) is 9.54. The molecular weight excluding hydrogens is 270 g/mol. The van der Waals surface area contributed by atoms with Crippen LogP contribution in [0.4, 0.5) is 5.82 Å². The second-order valence-corrected chi connectivity index (χ2v) is 5.09. The van der Waals surface area contributed by atoms with Gasteiger partial charge >= 0.3 is 0 Å². The van der Waals surface area contributed by atoms with Gasteiger partial charge in [0.05, 0.1) is 10.2 Å². The lowest BCUT2D eigenvalue weighted by Crippen LogP contribution is -2.28. The molecule has 90 valence electrons. The van der Waals surface area contributed by atoms with Crippen LogP contribution in [0.25, 0.3) is 0 Å². The summed E-state index contributed by atoms with van der Waals surface area (Å²) >= 11 is 3.60. The summed E-state index contributed by atoms with van der Waals surface area (Å²) in [4.78, 5) is 0. The van der Waals surface area contributed by atoms with E-state index in [2.05, 4.69) is 33.3 Å². The lowest BCUT2D eigenvalue weighted by atomic mass is 10.1. The van der Waals surface area contributed by atoms with Gasteiger partial charge in [0.25, 0.3) is 0 Å². The average Bonchev–Trinajstić information content (AvgIpc) is 2.57. The van der Waals surface area contributed by atoms with Gasteiger partial charge in [0, 0.05) is 19.7 Å². The molecule has 0 saturated carbocycles. The Balaban J connectivity index is 2.16. The van der Waals surface area contributed by atoms with Crippen molar-refractivity contribution in [3.05, 3.63) is 10.2 Å². The van der Waals surface area contributed by atoms with Gasteiger partial charge in [-0.05, 0) is 34.7 Å². The van der Waals surface area contributed by atoms with E-state index in [0.29, 0.717) is 5.92 Å². The third-order valence-electron chi connectivity index (χ3n) is 2.97. The molecule has 0 fully saturated rings. The Labute approximate surface area is 104 Å². The molecule has 1 aromatic rings. The maximum atomic E-state index is 8.94. The van der Waals surface area contributed by atoms with Crippen molar-refractivity contribution in [2.45, 2.75) is 32.7 Å². The molecule has 2 rings (SSSR count). The third-order valence-corrected chi connectivity index (χ3v) is 3.81. The Morgan fingerprint density at radius 3 is 3.12 bits per heavy atom.